The summed E-state index contributed by atoms with van der Waals surface area (Å²) in [5, 5.41) is 0. The second-order valence-electron chi connectivity index (χ2n) is 8.13. The van der Waals surface area contributed by atoms with Crippen LogP contribution in [-0.2, 0) is 14.4 Å². The van der Waals surface area contributed by atoms with Crippen molar-refractivity contribution in [3.05, 3.63) is 11.6 Å². The van der Waals surface area contributed by atoms with Crippen LogP contribution in [0, 0.1) is 28.6 Å². The predicted molar refractivity (Wildman–Crippen MR) is 82.1 cm³/mol. The zero-order valence-electron chi connectivity index (χ0n) is 13.3. The molecule has 0 spiro atoms. The monoisotopic (exact) mass is 300 g/mol. The van der Waals surface area contributed by atoms with Crippen LogP contribution in [0.25, 0.3) is 0 Å². The van der Waals surface area contributed by atoms with Crippen molar-refractivity contribution < 1.29 is 14.4 Å². The van der Waals surface area contributed by atoms with Gasteiger partial charge in [-0.3, -0.25) is 9.59 Å². The Morgan fingerprint density at radius 1 is 1.05 bits per heavy atom. The van der Waals surface area contributed by atoms with E-state index in [9.17, 15) is 14.4 Å². The molecule has 3 fully saturated rings. The highest BCUT2D eigenvalue weighted by atomic mass is 16.1. The van der Waals surface area contributed by atoms with E-state index < -0.39 is 5.41 Å². The smallest absolute Gasteiger partial charge is 0.155 e. The molecule has 0 saturated heterocycles. The van der Waals surface area contributed by atoms with Crippen LogP contribution in [0.5, 0.6) is 0 Å². The van der Waals surface area contributed by atoms with Crippen molar-refractivity contribution in [2.24, 2.45) is 28.6 Å². The topological polar surface area (TPSA) is 51.2 Å². The van der Waals surface area contributed by atoms with E-state index in [4.69, 9.17) is 0 Å². The average molecular weight is 300 g/mol. The Bertz CT molecular complexity index is 589. The minimum atomic E-state index is -0.399. The summed E-state index contributed by atoms with van der Waals surface area (Å²) < 4.78 is 0. The average Bonchev–Trinajstić information content (AvgIpc) is 2.82. The van der Waals surface area contributed by atoms with Crippen molar-refractivity contribution in [1.29, 1.82) is 0 Å². The Labute approximate surface area is 131 Å². The van der Waals surface area contributed by atoms with E-state index in [0.717, 1.165) is 50.4 Å². The molecule has 3 saturated carbocycles. The molecule has 0 heterocycles. The SMILES string of the molecule is C[C@]12CC[C@H]3[C@@H](CCC4=CC(=O)CC[C@@]43C=O)C1CCC2=O. The fraction of sp³-hybridized carbons (Fsp3) is 0.737. The number of hydrogen-bond acceptors (Lipinski definition) is 3. The predicted octanol–water partition coefficient (Wildman–Crippen LogP) is 3.27. The van der Waals surface area contributed by atoms with Gasteiger partial charge >= 0.3 is 0 Å². The summed E-state index contributed by atoms with van der Waals surface area (Å²) in [7, 11) is 0. The van der Waals surface area contributed by atoms with E-state index in [2.05, 4.69) is 6.92 Å². The van der Waals surface area contributed by atoms with E-state index >= 15 is 0 Å². The first-order valence-electron chi connectivity index (χ1n) is 8.75. The van der Waals surface area contributed by atoms with Gasteiger partial charge in [0.1, 0.15) is 12.1 Å². The molecule has 0 aromatic heterocycles. The van der Waals surface area contributed by atoms with Crippen LogP contribution in [0.4, 0.5) is 0 Å². The van der Waals surface area contributed by atoms with Crippen molar-refractivity contribution >= 4 is 17.9 Å². The van der Waals surface area contributed by atoms with Crippen molar-refractivity contribution in [2.45, 2.75) is 58.3 Å². The minimum absolute atomic E-state index is 0.142. The number of Topliss-reactive ketones (excluding diaryl/α,β-unsaturated/α-hetero) is 1. The second-order valence-corrected chi connectivity index (χ2v) is 8.13. The summed E-state index contributed by atoms with van der Waals surface area (Å²) in [6.07, 6.45) is 9.65. The van der Waals surface area contributed by atoms with Gasteiger partial charge in [0.2, 0.25) is 0 Å². The molecule has 0 aliphatic heterocycles. The van der Waals surface area contributed by atoms with Crippen LogP contribution in [0.2, 0.25) is 0 Å². The molecular weight excluding hydrogens is 276 g/mol. The van der Waals surface area contributed by atoms with Gasteiger partial charge in [0.05, 0.1) is 5.41 Å². The maximum atomic E-state index is 12.4. The molecule has 0 amide bonds. The molecule has 0 bridgehead atoms. The number of aldehydes is 1. The summed E-state index contributed by atoms with van der Waals surface area (Å²) in [4.78, 5) is 36.2. The molecule has 0 radical (unpaired) electrons. The lowest BCUT2D eigenvalue weighted by Crippen LogP contribution is -2.52. The number of carbonyl (C=O) groups excluding carboxylic acids is 3. The largest absolute Gasteiger partial charge is 0.302 e. The second kappa shape index (κ2) is 4.62. The summed E-state index contributed by atoms with van der Waals surface area (Å²) in [5.41, 5.74) is 0.550. The van der Waals surface area contributed by atoms with Gasteiger partial charge in [-0.1, -0.05) is 12.5 Å². The van der Waals surface area contributed by atoms with Crippen LogP contribution in [0.15, 0.2) is 11.6 Å². The van der Waals surface area contributed by atoms with E-state index in [1.807, 2.05) is 0 Å². The lowest BCUT2D eigenvalue weighted by Gasteiger charge is -2.55. The van der Waals surface area contributed by atoms with Gasteiger partial charge in [-0.2, -0.15) is 0 Å². The maximum Gasteiger partial charge on any atom is 0.155 e. The molecule has 4 aliphatic rings. The summed E-state index contributed by atoms with van der Waals surface area (Å²) in [6, 6.07) is 0. The third-order valence-electron chi connectivity index (χ3n) is 7.48. The first-order valence-corrected chi connectivity index (χ1v) is 8.75. The third-order valence-corrected chi connectivity index (χ3v) is 7.48. The molecular formula is C19H24O3. The molecule has 4 rings (SSSR count). The molecule has 5 atom stereocenters. The van der Waals surface area contributed by atoms with Gasteiger partial charge in [0, 0.05) is 18.3 Å². The molecule has 118 valence electrons. The Morgan fingerprint density at radius 3 is 2.64 bits per heavy atom. The lowest BCUT2D eigenvalue weighted by atomic mass is 9.47. The number of carbonyl (C=O) groups is 3. The Hall–Kier alpha value is -1.25. The number of fused-ring (bicyclic) bond motifs is 5. The lowest BCUT2D eigenvalue weighted by molar-refractivity contribution is -0.135. The molecule has 4 aliphatic carbocycles. The maximum absolute atomic E-state index is 12.4. The summed E-state index contributed by atoms with van der Waals surface area (Å²) in [6.45, 7) is 2.16. The molecule has 1 unspecified atom stereocenters. The highest BCUT2D eigenvalue weighted by Gasteiger charge is 2.60. The number of rotatable bonds is 1. The van der Waals surface area contributed by atoms with Crippen LogP contribution < -0.4 is 0 Å². The fourth-order valence-corrected chi connectivity index (χ4v) is 6.26. The quantitative estimate of drug-likeness (QED) is 0.698. The molecule has 0 N–H and O–H groups in total. The van der Waals surface area contributed by atoms with Crippen molar-refractivity contribution in [3.8, 4) is 0 Å². The van der Waals surface area contributed by atoms with Gasteiger partial charge in [0.25, 0.3) is 0 Å². The normalized spacial score (nSPS) is 47.3. The Kier molecular flexibility index (Phi) is 3.02. The van der Waals surface area contributed by atoms with Crippen molar-refractivity contribution in [2.75, 3.05) is 0 Å². The highest BCUT2D eigenvalue weighted by molar-refractivity contribution is 5.93. The van der Waals surface area contributed by atoms with Crippen molar-refractivity contribution in [1.82, 2.24) is 0 Å². The van der Waals surface area contributed by atoms with Gasteiger partial charge < -0.3 is 4.79 Å². The first kappa shape index (κ1) is 14.3. The van der Waals surface area contributed by atoms with Crippen LogP contribution in [-0.4, -0.2) is 17.9 Å². The fourth-order valence-electron chi connectivity index (χ4n) is 6.26. The first-order chi connectivity index (χ1) is 10.5. The Balaban J connectivity index is 1.74. The molecule has 0 aromatic carbocycles. The summed E-state index contributed by atoms with van der Waals surface area (Å²) >= 11 is 0. The van der Waals surface area contributed by atoms with Crippen LogP contribution in [0.1, 0.15) is 58.3 Å². The minimum Gasteiger partial charge on any atom is -0.302 e. The molecule has 22 heavy (non-hydrogen) atoms. The van der Waals surface area contributed by atoms with Gasteiger partial charge in [-0.25, -0.2) is 0 Å². The standard InChI is InChI=1S/C19H24O3/c1-18-8-7-16-14(15(18)4-5-17(18)22)3-2-12-10-13(21)6-9-19(12,16)11-20/h10-11,14-16H,2-9H2,1H3/t14-,15?,16-,18-,19+/m0/s1. The van der Waals surface area contributed by atoms with Gasteiger partial charge in [-0.15, -0.1) is 0 Å². The number of ketones is 2. The molecule has 0 aromatic rings. The van der Waals surface area contributed by atoms with E-state index in [1.165, 1.54) is 0 Å². The number of allylic oxidation sites excluding steroid dienone is 1. The van der Waals surface area contributed by atoms with Crippen LogP contribution >= 0.6 is 0 Å². The highest BCUT2D eigenvalue weighted by Crippen LogP contribution is 2.63. The molecule has 3 heteroatoms. The molecule has 3 nitrogen and oxygen atoms in total. The van der Waals surface area contributed by atoms with Gasteiger partial charge in [0.15, 0.2) is 5.78 Å². The van der Waals surface area contributed by atoms with E-state index in [1.54, 1.807) is 6.08 Å². The van der Waals surface area contributed by atoms with Crippen molar-refractivity contribution in [3.63, 3.8) is 0 Å². The Morgan fingerprint density at radius 2 is 1.86 bits per heavy atom. The zero-order valence-corrected chi connectivity index (χ0v) is 13.3. The van der Waals surface area contributed by atoms with Crippen LogP contribution in [0.3, 0.4) is 0 Å². The third kappa shape index (κ3) is 1.65. The van der Waals surface area contributed by atoms with E-state index in [-0.39, 0.29) is 11.2 Å². The van der Waals surface area contributed by atoms with E-state index in [0.29, 0.717) is 36.4 Å². The number of hydrogen-bond donors (Lipinski definition) is 0. The van der Waals surface area contributed by atoms with Gasteiger partial charge in [-0.05, 0) is 62.4 Å². The zero-order chi connectivity index (χ0) is 15.5. The summed E-state index contributed by atoms with van der Waals surface area (Å²) in [5.74, 6) is 1.91.